The van der Waals surface area contributed by atoms with Gasteiger partial charge in [0, 0.05) is 0 Å². The topological polar surface area (TPSA) is 87.7 Å². The molecule has 0 spiro atoms. The van der Waals surface area contributed by atoms with Crippen molar-refractivity contribution in [3.05, 3.63) is 52.2 Å². The van der Waals surface area contributed by atoms with Crippen LogP contribution in [0.4, 0.5) is 26.7 Å². The number of Topliss-reactive ketones (excluding diaryl/α,β-unsaturated/α-hetero) is 1. The van der Waals surface area contributed by atoms with Crippen LogP contribution in [-0.2, 0) is 0 Å². The number of urea groups is 1. The zero-order valence-electron chi connectivity index (χ0n) is 14.2. The summed E-state index contributed by atoms with van der Waals surface area (Å²) < 4.78 is 69.9. The molecule has 6 nitrogen and oxygen atoms in total. The van der Waals surface area contributed by atoms with E-state index in [1.54, 1.807) is 0 Å². The molecule has 3 N–H and O–H groups in total. The molecule has 2 amide bonds. The van der Waals surface area contributed by atoms with Crippen molar-refractivity contribution in [1.82, 2.24) is 10.6 Å². The number of nitrogens with one attached hydrogen (secondary N) is 2. The van der Waals surface area contributed by atoms with Crippen molar-refractivity contribution in [2.75, 3.05) is 0 Å². The summed E-state index contributed by atoms with van der Waals surface area (Å²) in [7, 11) is 0. The van der Waals surface area contributed by atoms with Gasteiger partial charge >= 0.3 is 18.8 Å². The van der Waals surface area contributed by atoms with E-state index in [1.165, 1.54) is 22.8 Å². The summed E-state index contributed by atoms with van der Waals surface area (Å²) in [5.41, 5.74) is -3.86. The number of aliphatic hydroxyl groups is 1. The summed E-state index contributed by atoms with van der Waals surface area (Å²) in [4.78, 5) is 24.7. The lowest BCUT2D eigenvalue weighted by molar-refractivity contribution is -0.287. The van der Waals surface area contributed by atoms with Crippen LogP contribution >= 0.6 is 11.3 Å². The van der Waals surface area contributed by atoms with E-state index < -0.39 is 42.3 Å². The minimum Gasteiger partial charge on any atom is -0.435 e. The number of thiophene rings is 1. The predicted octanol–water partition coefficient (Wildman–Crippen LogP) is 3.45. The van der Waals surface area contributed by atoms with Crippen LogP contribution in [0.15, 0.2) is 41.8 Å². The molecule has 0 aliphatic carbocycles. The first-order valence-corrected chi connectivity index (χ1v) is 8.91. The van der Waals surface area contributed by atoms with Gasteiger partial charge in [-0.1, -0.05) is 18.2 Å². The van der Waals surface area contributed by atoms with Crippen LogP contribution in [0.2, 0.25) is 0 Å². The molecule has 1 aliphatic heterocycles. The average Bonchev–Trinajstić information content (AvgIpc) is 3.14. The third kappa shape index (κ3) is 4.03. The Kier molecular flexibility index (Phi) is 5.50. The quantitative estimate of drug-likeness (QED) is 0.495. The van der Waals surface area contributed by atoms with Crippen molar-refractivity contribution >= 4 is 23.2 Å². The van der Waals surface area contributed by atoms with Crippen molar-refractivity contribution in [2.45, 2.75) is 24.6 Å². The van der Waals surface area contributed by atoms with Gasteiger partial charge in [-0.05, 0) is 29.1 Å². The first-order chi connectivity index (χ1) is 13.5. The lowest BCUT2D eigenvalue weighted by Gasteiger charge is -2.44. The number of benzene rings is 1. The van der Waals surface area contributed by atoms with Crippen LogP contribution in [0, 0.1) is 5.92 Å². The molecule has 2 aromatic rings. The van der Waals surface area contributed by atoms with E-state index in [0.29, 0.717) is 0 Å². The standard InChI is InChI=1S/C17H13F5N2O4S/c18-14(19)28-9-5-3-8(4-6-9)12-11(13(25)10-2-1-7-29-10)16(27,17(20,21)22)24-15(26)23-12/h1-7,11-12,14,27H,(H2,23,24,26)/t11-,12+,16-/m0/s1. The number of hydrogen-bond acceptors (Lipinski definition) is 5. The van der Waals surface area contributed by atoms with E-state index in [1.807, 2.05) is 0 Å². The second-order valence-corrected chi connectivity index (χ2v) is 7.05. The third-order valence-electron chi connectivity index (χ3n) is 4.32. The molecule has 3 atom stereocenters. The lowest BCUT2D eigenvalue weighted by Crippen LogP contribution is -2.72. The fraction of sp³-hybridized carbons (Fsp3) is 0.294. The number of carbonyl (C=O) groups is 2. The van der Waals surface area contributed by atoms with Crippen LogP contribution in [0.25, 0.3) is 0 Å². The van der Waals surface area contributed by atoms with E-state index in [-0.39, 0.29) is 16.2 Å². The van der Waals surface area contributed by atoms with Gasteiger partial charge in [0.1, 0.15) is 11.7 Å². The molecule has 2 heterocycles. The molecule has 1 saturated heterocycles. The fourth-order valence-electron chi connectivity index (χ4n) is 3.05. The van der Waals surface area contributed by atoms with E-state index in [4.69, 9.17) is 0 Å². The highest BCUT2D eigenvalue weighted by Crippen LogP contribution is 2.44. The monoisotopic (exact) mass is 436 g/mol. The zero-order valence-corrected chi connectivity index (χ0v) is 15.1. The lowest BCUT2D eigenvalue weighted by atomic mass is 9.78. The van der Waals surface area contributed by atoms with E-state index in [2.05, 4.69) is 10.1 Å². The Labute approximate surface area is 164 Å². The van der Waals surface area contributed by atoms with Gasteiger partial charge < -0.3 is 20.5 Å². The minimum absolute atomic E-state index is 0.0148. The van der Waals surface area contributed by atoms with Gasteiger partial charge in [-0.15, -0.1) is 11.3 Å². The van der Waals surface area contributed by atoms with Crippen LogP contribution in [0.3, 0.4) is 0 Å². The molecule has 29 heavy (non-hydrogen) atoms. The SMILES string of the molecule is O=C1N[C@H](c2ccc(OC(F)F)cc2)[C@@H](C(=O)c2cccs2)[C@](O)(C(F)(F)F)N1. The van der Waals surface area contributed by atoms with Crippen LogP contribution < -0.4 is 15.4 Å². The number of ether oxygens (including phenoxy) is 1. The molecule has 12 heteroatoms. The molecule has 156 valence electrons. The van der Waals surface area contributed by atoms with E-state index >= 15 is 0 Å². The van der Waals surface area contributed by atoms with Crippen LogP contribution in [-0.4, -0.2) is 35.4 Å². The Morgan fingerprint density at radius 3 is 2.38 bits per heavy atom. The number of alkyl halides is 5. The minimum atomic E-state index is -5.38. The Hall–Kier alpha value is -2.73. The summed E-state index contributed by atoms with van der Waals surface area (Å²) in [5, 5.41) is 15.4. The van der Waals surface area contributed by atoms with Crippen molar-refractivity contribution < 1.29 is 41.4 Å². The van der Waals surface area contributed by atoms with Gasteiger partial charge in [0.2, 0.25) is 5.72 Å². The third-order valence-corrected chi connectivity index (χ3v) is 5.20. The molecule has 1 aromatic heterocycles. The highest BCUT2D eigenvalue weighted by molar-refractivity contribution is 7.12. The average molecular weight is 436 g/mol. The van der Waals surface area contributed by atoms with E-state index in [9.17, 15) is 36.6 Å². The maximum atomic E-state index is 13.7. The second kappa shape index (κ2) is 7.59. The number of ketones is 1. The Morgan fingerprint density at radius 2 is 1.86 bits per heavy atom. The Morgan fingerprint density at radius 1 is 1.21 bits per heavy atom. The summed E-state index contributed by atoms with van der Waals surface area (Å²) in [5.74, 6) is -3.50. The van der Waals surface area contributed by atoms with Gasteiger partial charge in [0.15, 0.2) is 5.78 Å². The molecular formula is C17H13F5N2O4S. The number of rotatable bonds is 5. The van der Waals surface area contributed by atoms with E-state index in [0.717, 1.165) is 35.6 Å². The summed E-state index contributed by atoms with van der Waals surface area (Å²) in [6, 6.07) is 4.15. The second-order valence-electron chi connectivity index (χ2n) is 6.11. The summed E-state index contributed by atoms with van der Waals surface area (Å²) in [6.07, 6.45) is -5.38. The van der Waals surface area contributed by atoms with Crippen molar-refractivity contribution in [3.8, 4) is 5.75 Å². The first-order valence-electron chi connectivity index (χ1n) is 8.03. The summed E-state index contributed by atoms with van der Waals surface area (Å²) >= 11 is 0.872. The fourth-order valence-corrected chi connectivity index (χ4v) is 3.75. The van der Waals surface area contributed by atoms with Gasteiger partial charge in [0.05, 0.1) is 10.9 Å². The Balaban J connectivity index is 2.06. The number of carbonyl (C=O) groups excluding carboxylic acids is 2. The molecule has 0 radical (unpaired) electrons. The maximum absolute atomic E-state index is 13.7. The number of hydrogen-bond donors (Lipinski definition) is 3. The molecule has 0 bridgehead atoms. The smallest absolute Gasteiger partial charge is 0.435 e. The molecule has 1 fully saturated rings. The van der Waals surface area contributed by atoms with Crippen LogP contribution in [0.1, 0.15) is 21.3 Å². The molecule has 3 rings (SSSR count). The Bertz CT molecular complexity index is 888. The van der Waals surface area contributed by atoms with Crippen molar-refractivity contribution in [3.63, 3.8) is 0 Å². The van der Waals surface area contributed by atoms with Crippen molar-refractivity contribution in [1.29, 1.82) is 0 Å². The van der Waals surface area contributed by atoms with Gasteiger partial charge in [0.25, 0.3) is 0 Å². The van der Waals surface area contributed by atoms with Gasteiger partial charge in [-0.2, -0.15) is 22.0 Å². The normalized spacial score (nSPS) is 24.7. The van der Waals surface area contributed by atoms with Crippen LogP contribution in [0.5, 0.6) is 5.75 Å². The summed E-state index contributed by atoms with van der Waals surface area (Å²) in [6.45, 7) is -3.11. The highest BCUT2D eigenvalue weighted by Gasteiger charge is 2.66. The maximum Gasteiger partial charge on any atom is 0.437 e. The largest absolute Gasteiger partial charge is 0.437 e. The number of halogens is 5. The molecule has 1 aliphatic rings. The number of amides is 2. The molecular weight excluding hydrogens is 423 g/mol. The van der Waals surface area contributed by atoms with Gasteiger partial charge in [-0.3, -0.25) is 4.79 Å². The first kappa shape index (κ1) is 21.0. The van der Waals surface area contributed by atoms with Crippen molar-refractivity contribution in [2.24, 2.45) is 5.92 Å². The molecule has 0 saturated carbocycles. The zero-order chi connectivity index (χ0) is 21.4. The molecule has 0 unspecified atom stereocenters. The highest BCUT2D eigenvalue weighted by atomic mass is 32.1. The molecule has 1 aromatic carbocycles. The van der Waals surface area contributed by atoms with Gasteiger partial charge in [-0.25, -0.2) is 4.79 Å². The predicted molar refractivity (Wildman–Crippen MR) is 90.6 cm³/mol.